The first-order valence-corrected chi connectivity index (χ1v) is 4.87. The van der Waals surface area contributed by atoms with Crippen LogP contribution in [0.1, 0.15) is 27.7 Å². The van der Waals surface area contributed by atoms with Crippen molar-refractivity contribution in [1.82, 2.24) is 0 Å². The Morgan fingerprint density at radius 1 is 1.00 bits per heavy atom. The lowest BCUT2D eigenvalue weighted by molar-refractivity contribution is 1.50. The second-order valence-corrected chi connectivity index (χ2v) is 1.84. The standard InChI is InChI=1S/C7H10N2.2C2H6/c1-9-7-5-3-2-4-6(7)8;2*1-2/h2-5,9H,8H2,1H3;2*1-2H3. The molecule has 1 aromatic carbocycles. The number of nitrogens with two attached hydrogens (primary N) is 1. The normalized spacial score (nSPS) is 7.15. The van der Waals surface area contributed by atoms with Crippen LogP contribution in [-0.2, 0) is 0 Å². The molecule has 0 aliphatic carbocycles. The molecule has 76 valence electrons. The van der Waals surface area contributed by atoms with Crippen LogP contribution in [0, 0.1) is 0 Å². The Labute approximate surface area is 82.2 Å². The molecule has 0 bridgehead atoms. The topological polar surface area (TPSA) is 38.0 Å². The molecule has 0 unspecified atom stereocenters. The first-order valence-electron chi connectivity index (χ1n) is 4.87. The van der Waals surface area contributed by atoms with Crippen LogP contribution in [-0.4, -0.2) is 7.05 Å². The molecule has 0 spiro atoms. The van der Waals surface area contributed by atoms with Crippen molar-refractivity contribution >= 4 is 11.4 Å². The minimum Gasteiger partial charge on any atom is -0.397 e. The van der Waals surface area contributed by atoms with Gasteiger partial charge in [-0.25, -0.2) is 0 Å². The van der Waals surface area contributed by atoms with Crippen molar-refractivity contribution in [3.8, 4) is 0 Å². The molecule has 0 heterocycles. The maximum absolute atomic E-state index is 5.57. The van der Waals surface area contributed by atoms with E-state index in [1.165, 1.54) is 0 Å². The van der Waals surface area contributed by atoms with Crippen molar-refractivity contribution in [3.05, 3.63) is 24.3 Å². The lowest BCUT2D eigenvalue weighted by atomic mass is 10.3. The first kappa shape index (κ1) is 14.3. The highest BCUT2D eigenvalue weighted by molar-refractivity contribution is 5.65. The predicted octanol–water partition coefficient (Wildman–Crippen LogP) is 3.36. The summed E-state index contributed by atoms with van der Waals surface area (Å²) in [6.07, 6.45) is 0. The van der Waals surface area contributed by atoms with Gasteiger partial charge in [0.05, 0.1) is 11.4 Å². The average Bonchev–Trinajstić information content (AvgIpc) is 2.24. The summed E-state index contributed by atoms with van der Waals surface area (Å²) in [7, 11) is 1.85. The largest absolute Gasteiger partial charge is 0.397 e. The first-order chi connectivity index (χ1) is 6.34. The summed E-state index contributed by atoms with van der Waals surface area (Å²) in [6, 6.07) is 7.67. The molecular weight excluding hydrogens is 160 g/mol. The molecule has 1 rings (SSSR count). The number of rotatable bonds is 1. The molecule has 0 amide bonds. The van der Waals surface area contributed by atoms with Crippen LogP contribution in [0.25, 0.3) is 0 Å². The Morgan fingerprint density at radius 3 is 1.77 bits per heavy atom. The van der Waals surface area contributed by atoms with Crippen molar-refractivity contribution in [1.29, 1.82) is 0 Å². The zero-order valence-corrected chi connectivity index (χ0v) is 9.39. The van der Waals surface area contributed by atoms with E-state index in [0.29, 0.717) is 0 Å². The second kappa shape index (κ2) is 10.8. The number of anilines is 2. The van der Waals surface area contributed by atoms with Crippen LogP contribution < -0.4 is 11.1 Å². The molecule has 0 atom stereocenters. The molecule has 0 fully saturated rings. The van der Waals surface area contributed by atoms with E-state index < -0.39 is 0 Å². The zero-order valence-electron chi connectivity index (χ0n) is 9.39. The summed E-state index contributed by atoms with van der Waals surface area (Å²) in [5.74, 6) is 0. The summed E-state index contributed by atoms with van der Waals surface area (Å²) in [5.41, 5.74) is 7.34. The van der Waals surface area contributed by atoms with Gasteiger partial charge in [-0.1, -0.05) is 39.8 Å². The van der Waals surface area contributed by atoms with E-state index in [9.17, 15) is 0 Å². The van der Waals surface area contributed by atoms with Crippen molar-refractivity contribution in [2.24, 2.45) is 0 Å². The van der Waals surface area contributed by atoms with Crippen LogP contribution in [0.4, 0.5) is 11.4 Å². The minimum absolute atomic E-state index is 0.792. The van der Waals surface area contributed by atoms with Crippen molar-refractivity contribution < 1.29 is 0 Å². The smallest absolute Gasteiger partial charge is 0.0571 e. The van der Waals surface area contributed by atoms with Gasteiger partial charge in [-0.05, 0) is 12.1 Å². The highest BCUT2D eigenvalue weighted by atomic mass is 14.8. The number of para-hydroxylation sites is 2. The number of hydrogen-bond acceptors (Lipinski definition) is 2. The van der Waals surface area contributed by atoms with Crippen LogP contribution in [0.15, 0.2) is 24.3 Å². The van der Waals surface area contributed by atoms with Crippen LogP contribution in [0.2, 0.25) is 0 Å². The number of nitrogens with one attached hydrogen (secondary N) is 1. The molecule has 0 saturated heterocycles. The molecule has 0 aliphatic rings. The molecule has 0 aliphatic heterocycles. The van der Waals surface area contributed by atoms with Gasteiger partial charge in [0.15, 0.2) is 0 Å². The second-order valence-electron chi connectivity index (χ2n) is 1.84. The highest BCUT2D eigenvalue weighted by Crippen LogP contribution is 2.14. The predicted molar refractivity (Wildman–Crippen MR) is 63.1 cm³/mol. The molecule has 1 aromatic rings. The van der Waals surface area contributed by atoms with Crippen molar-refractivity contribution in [3.63, 3.8) is 0 Å². The van der Waals surface area contributed by atoms with Crippen LogP contribution in [0.3, 0.4) is 0 Å². The highest BCUT2D eigenvalue weighted by Gasteiger charge is 1.89. The van der Waals surface area contributed by atoms with Gasteiger partial charge in [0.1, 0.15) is 0 Å². The van der Waals surface area contributed by atoms with E-state index in [0.717, 1.165) is 11.4 Å². The van der Waals surface area contributed by atoms with Crippen LogP contribution in [0.5, 0.6) is 0 Å². The average molecular weight is 182 g/mol. The van der Waals surface area contributed by atoms with E-state index in [-0.39, 0.29) is 0 Å². The molecule has 2 heteroatoms. The zero-order chi connectivity index (χ0) is 10.7. The monoisotopic (exact) mass is 182 g/mol. The van der Waals surface area contributed by atoms with Crippen molar-refractivity contribution in [2.75, 3.05) is 18.1 Å². The molecule has 0 radical (unpaired) electrons. The third kappa shape index (κ3) is 6.02. The number of benzene rings is 1. The Bertz CT molecular complexity index is 197. The third-order valence-corrected chi connectivity index (χ3v) is 1.23. The van der Waals surface area contributed by atoms with Crippen molar-refractivity contribution in [2.45, 2.75) is 27.7 Å². The van der Waals surface area contributed by atoms with Crippen LogP contribution >= 0.6 is 0 Å². The fraction of sp³-hybridized carbons (Fsp3) is 0.455. The van der Waals surface area contributed by atoms with E-state index in [2.05, 4.69) is 5.32 Å². The van der Waals surface area contributed by atoms with Gasteiger partial charge in [-0.3, -0.25) is 0 Å². The molecule has 13 heavy (non-hydrogen) atoms. The third-order valence-electron chi connectivity index (χ3n) is 1.23. The molecule has 0 aromatic heterocycles. The lowest BCUT2D eigenvalue weighted by Crippen LogP contribution is -1.93. The lowest BCUT2D eigenvalue weighted by Gasteiger charge is -2.01. The molecule has 3 N–H and O–H groups in total. The Morgan fingerprint density at radius 2 is 1.46 bits per heavy atom. The summed E-state index contributed by atoms with van der Waals surface area (Å²) in [5, 5.41) is 2.97. The SMILES string of the molecule is CC.CC.CNc1ccccc1N. The van der Waals surface area contributed by atoms with E-state index >= 15 is 0 Å². The maximum Gasteiger partial charge on any atom is 0.0571 e. The van der Waals surface area contributed by atoms with E-state index in [4.69, 9.17) is 5.73 Å². The Hall–Kier alpha value is -1.18. The Balaban J connectivity index is 0. The number of hydrogen-bond donors (Lipinski definition) is 2. The summed E-state index contributed by atoms with van der Waals surface area (Å²) < 4.78 is 0. The number of nitrogen functional groups attached to an aromatic ring is 1. The fourth-order valence-corrected chi connectivity index (χ4v) is 0.725. The van der Waals surface area contributed by atoms with Gasteiger partial charge < -0.3 is 11.1 Å². The minimum atomic E-state index is 0.792. The maximum atomic E-state index is 5.57. The summed E-state index contributed by atoms with van der Waals surface area (Å²) >= 11 is 0. The van der Waals surface area contributed by atoms with Gasteiger partial charge in [0.25, 0.3) is 0 Å². The van der Waals surface area contributed by atoms with Gasteiger partial charge in [0, 0.05) is 7.05 Å². The summed E-state index contributed by atoms with van der Waals surface area (Å²) in [4.78, 5) is 0. The van der Waals surface area contributed by atoms with Gasteiger partial charge in [0.2, 0.25) is 0 Å². The van der Waals surface area contributed by atoms with E-state index in [1.807, 2.05) is 59.0 Å². The fourth-order valence-electron chi connectivity index (χ4n) is 0.725. The molecular formula is C11H22N2. The summed E-state index contributed by atoms with van der Waals surface area (Å²) in [6.45, 7) is 8.00. The van der Waals surface area contributed by atoms with Gasteiger partial charge >= 0.3 is 0 Å². The van der Waals surface area contributed by atoms with Gasteiger partial charge in [-0.2, -0.15) is 0 Å². The van der Waals surface area contributed by atoms with Gasteiger partial charge in [-0.15, -0.1) is 0 Å². The quantitative estimate of drug-likeness (QED) is 0.653. The molecule has 2 nitrogen and oxygen atoms in total. The molecule has 0 saturated carbocycles. The van der Waals surface area contributed by atoms with E-state index in [1.54, 1.807) is 0 Å². The Kier molecular flexibility index (Phi) is 11.9.